The summed E-state index contributed by atoms with van der Waals surface area (Å²) in [6.07, 6.45) is 3.29. The number of carbonyl (C=O) groups is 1. The van der Waals surface area contributed by atoms with Crippen molar-refractivity contribution < 1.29 is 4.79 Å². The Morgan fingerprint density at radius 1 is 1.25 bits per heavy atom. The number of benzene rings is 1. The minimum atomic E-state index is -0.0542. The summed E-state index contributed by atoms with van der Waals surface area (Å²) in [7, 11) is 0. The van der Waals surface area contributed by atoms with E-state index in [0.717, 1.165) is 26.1 Å². The zero-order valence-corrected chi connectivity index (χ0v) is 12.5. The predicted octanol–water partition coefficient (Wildman–Crippen LogP) is 1.95. The van der Waals surface area contributed by atoms with Crippen LogP contribution in [0, 0.1) is 5.92 Å². The van der Waals surface area contributed by atoms with Gasteiger partial charge in [0.25, 0.3) is 0 Å². The average molecular weight is 298 g/mol. The number of halogens is 1. The molecule has 1 heterocycles. The molecule has 3 N–H and O–H groups in total. The van der Waals surface area contributed by atoms with Gasteiger partial charge in [0.05, 0.1) is 0 Å². The van der Waals surface area contributed by atoms with E-state index in [1.807, 2.05) is 18.2 Å². The van der Waals surface area contributed by atoms with Crippen molar-refractivity contribution in [2.75, 3.05) is 26.2 Å². The molecule has 0 radical (unpaired) electrons. The zero-order valence-electron chi connectivity index (χ0n) is 11.7. The van der Waals surface area contributed by atoms with Crippen LogP contribution in [0.1, 0.15) is 18.4 Å². The predicted molar refractivity (Wildman–Crippen MR) is 84.4 cm³/mol. The van der Waals surface area contributed by atoms with Gasteiger partial charge in [-0.2, -0.15) is 0 Å². The fourth-order valence-corrected chi connectivity index (χ4v) is 2.36. The third-order valence-corrected chi connectivity index (χ3v) is 3.49. The molecule has 2 amide bonds. The summed E-state index contributed by atoms with van der Waals surface area (Å²) in [6, 6.07) is 10.1. The summed E-state index contributed by atoms with van der Waals surface area (Å²) < 4.78 is 0. The number of amides is 2. The average Bonchev–Trinajstić information content (AvgIpc) is 2.47. The number of rotatable bonds is 5. The molecule has 0 saturated carbocycles. The molecule has 0 aromatic heterocycles. The normalized spacial score (nSPS) is 17.9. The monoisotopic (exact) mass is 297 g/mol. The minimum absolute atomic E-state index is 0. The van der Waals surface area contributed by atoms with Crippen LogP contribution in [0.3, 0.4) is 0 Å². The Balaban J connectivity index is 0.00000200. The molecular weight excluding hydrogens is 274 g/mol. The fraction of sp³-hybridized carbons (Fsp3) is 0.533. The Morgan fingerprint density at radius 3 is 2.75 bits per heavy atom. The first kappa shape index (κ1) is 16.8. The highest BCUT2D eigenvalue weighted by atomic mass is 35.5. The Hall–Kier alpha value is -1.26. The van der Waals surface area contributed by atoms with E-state index < -0.39 is 0 Å². The zero-order chi connectivity index (χ0) is 13.3. The van der Waals surface area contributed by atoms with Gasteiger partial charge in [0.1, 0.15) is 0 Å². The number of urea groups is 1. The van der Waals surface area contributed by atoms with Crippen LogP contribution in [0.15, 0.2) is 30.3 Å². The fourth-order valence-electron chi connectivity index (χ4n) is 2.36. The first-order valence-electron chi connectivity index (χ1n) is 7.11. The lowest BCUT2D eigenvalue weighted by Gasteiger charge is -2.22. The molecule has 0 aliphatic carbocycles. The number of nitrogens with one attached hydrogen (secondary N) is 3. The Bertz CT molecular complexity index is 380. The molecule has 1 saturated heterocycles. The second kappa shape index (κ2) is 9.61. The van der Waals surface area contributed by atoms with Gasteiger partial charge in [-0.3, -0.25) is 0 Å². The third-order valence-electron chi connectivity index (χ3n) is 3.49. The number of carbonyl (C=O) groups excluding carboxylic acids is 1. The van der Waals surface area contributed by atoms with Gasteiger partial charge in [-0.15, -0.1) is 12.4 Å². The van der Waals surface area contributed by atoms with Gasteiger partial charge in [-0.1, -0.05) is 30.3 Å². The van der Waals surface area contributed by atoms with Gasteiger partial charge in [0, 0.05) is 13.1 Å². The molecular formula is C15H24ClN3O. The van der Waals surface area contributed by atoms with Crippen molar-refractivity contribution in [2.45, 2.75) is 19.3 Å². The lowest BCUT2D eigenvalue weighted by Crippen LogP contribution is -2.42. The largest absolute Gasteiger partial charge is 0.338 e. The molecule has 1 aromatic rings. The van der Waals surface area contributed by atoms with Gasteiger partial charge in [0.2, 0.25) is 0 Å². The molecule has 1 aliphatic rings. The van der Waals surface area contributed by atoms with Crippen LogP contribution < -0.4 is 16.0 Å². The summed E-state index contributed by atoms with van der Waals surface area (Å²) in [5.74, 6) is 0.577. The first-order chi connectivity index (χ1) is 9.34. The van der Waals surface area contributed by atoms with E-state index in [0.29, 0.717) is 12.5 Å². The second-order valence-electron chi connectivity index (χ2n) is 5.08. The summed E-state index contributed by atoms with van der Waals surface area (Å²) in [4.78, 5) is 11.6. The van der Waals surface area contributed by atoms with Gasteiger partial charge < -0.3 is 16.0 Å². The lowest BCUT2D eigenvalue weighted by molar-refractivity contribution is 0.237. The topological polar surface area (TPSA) is 53.2 Å². The maximum absolute atomic E-state index is 11.6. The van der Waals surface area contributed by atoms with E-state index in [1.165, 1.54) is 18.4 Å². The number of hydrogen-bond donors (Lipinski definition) is 3. The molecule has 1 fully saturated rings. The van der Waals surface area contributed by atoms with Crippen LogP contribution in [-0.4, -0.2) is 32.2 Å². The Kier molecular flexibility index (Phi) is 8.07. The molecule has 2 rings (SSSR count). The Labute approximate surface area is 127 Å². The molecule has 1 aliphatic heterocycles. The number of hydrogen-bond acceptors (Lipinski definition) is 2. The second-order valence-corrected chi connectivity index (χ2v) is 5.08. The molecule has 4 nitrogen and oxygen atoms in total. The van der Waals surface area contributed by atoms with Gasteiger partial charge in [-0.05, 0) is 43.8 Å². The van der Waals surface area contributed by atoms with Crippen LogP contribution in [-0.2, 0) is 6.42 Å². The lowest BCUT2D eigenvalue weighted by atomic mass is 10.00. The van der Waals surface area contributed by atoms with Crippen LogP contribution in [0.5, 0.6) is 0 Å². The maximum Gasteiger partial charge on any atom is 0.314 e. The summed E-state index contributed by atoms with van der Waals surface area (Å²) in [5.41, 5.74) is 1.25. The molecule has 0 bridgehead atoms. The van der Waals surface area contributed by atoms with Crippen LogP contribution in [0.4, 0.5) is 4.79 Å². The third kappa shape index (κ3) is 6.26. The van der Waals surface area contributed by atoms with E-state index in [4.69, 9.17) is 0 Å². The molecule has 0 spiro atoms. The van der Waals surface area contributed by atoms with Crippen LogP contribution in [0.25, 0.3) is 0 Å². The highest BCUT2D eigenvalue weighted by Gasteiger charge is 2.13. The maximum atomic E-state index is 11.6. The van der Waals surface area contributed by atoms with E-state index in [-0.39, 0.29) is 18.4 Å². The Morgan fingerprint density at radius 2 is 2.05 bits per heavy atom. The van der Waals surface area contributed by atoms with Gasteiger partial charge in [-0.25, -0.2) is 4.79 Å². The molecule has 1 atom stereocenters. The molecule has 112 valence electrons. The minimum Gasteiger partial charge on any atom is -0.338 e. The van der Waals surface area contributed by atoms with Crippen molar-refractivity contribution in [3.05, 3.63) is 35.9 Å². The van der Waals surface area contributed by atoms with Crippen LogP contribution in [0.2, 0.25) is 0 Å². The standard InChI is InChI=1S/C15H23N3O.ClH/c19-15(18-12-14-7-4-9-16-11-14)17-10-8-13-5-2-1-3-6-13;/h1-3,5-6,14,16H,4,7-12H2,(H2,17,18,19);1H/t14-;/m1./s1. The first-order valence-corrected chi connectivity index (χ1v) is 7.11. The van der Waals surface area contributed by atoms with Crippen molar-refractivity contribution in [3.8, 4) is 0 Å². The SMILES string of the molecule is Cl.O=C(NCCc1ccccc1)NC[C@@H]1CCCNC1. The summed E-state index contributed by atoms with van der Waals surface area (Å²) in [5, 5.41) is 9.20. The van der Waals surface area contributed by atoms with Crippen molar-refractivity contribution in [1.29, 1.82) is 0 Å². The molecule has 20 heavy (non-hydrogen) atoms. The van der Waals surface area contributed by atoms with Gasteiger partial charge in [0.15, 0.2) is 0 Å². The van der Waals surface area contributed by atoms with Crippen LogP contribution >= 0.6 is 12.4 Å². The quantitative estimate of drug-likeness (QED) is 0.778. The van der Waals surface area contributed by atoms with Crippen molar-refractivity contribution in [3.63, 3.8) is 0 Å². The van der Waals surface area contributed by atoms with Crippen molar-refractivity contribution in [1.82, 2.24) is 16.0 Å². The highest BCUT2D eigenvalue weighted by molar-refractivity contribution is 5.85. The molecule has 5 heteroatoms. The van der Waals surface area contributed by atoms with E-state index in [2.05, 4.69) is 28.1 Å². The molecule has 1 aromatic carbocycles. The van der Waals surface area contributed by atoms with E-state index >= 15 is 0 Å². The number of piperidine rings is 1. The van der Waals surface area contributed by atoms with Crippen molar-refractivity contribution in [2.24, 2.45) is 5.92 Å². The molecule has 0 unspecified atom stereocenters. The smallest absolute Gasteiger partial charge is 0.314 e. The summed E-state index contributed by atoms with van der Waals surface area (Å²) in [6.45, 7) is 3.58. The van der Waals surface area contributed by atoms with Crippen molar-refractivity contribution >= 4 is 18.4 Å². The highest BCUT2D eigenvalue weighted by Crippen LogP contribution is 2.07. The summed E-state index contributed by atoms with van der Waals surface area (Å²) >= 11 is 0. The van der Waals surface area contributed by atoms with E-state index in [9.17, 15) is 4.79 Å². The van der Waals surface area contributed by atoms with Gasteiger partial charge >= 0.3 is 6.03 Å². The van der Waals surface area contributed by atoms with E-state index in [1.54, 1.807) is 0 Å².